The van der Waals surface area contributed by atoms with Crippen LogP contribution in [0.25, 0.3) is 0 Å². The maximum Gasteiger partial charge on any atom is 0.251 e. The molecule has 0 bridgehead atoms. The average molecular weight is 219 g/mol. The van der Waals surface area contributed by atoms with E-state index in [2.05, 4.69) is 10.3 Å². The first-order valence-electron chi connectivity index (χ1n) is 4.67. The molecule has 5 nitrogen and oxygen atoms in total. The summed E-state index contributed by atoms with van der Waals surface area (Å²) in [4.78, 5) is 1.55. The van der Waals surface area contributed by atoms with Crippen molar-refractivity contribution in [2.24, 2.45) is 5.73 Å². The van der Waals surface area contributed by atoms with Crippen molar-refractivity contribution in [3.8, 4) is 0 Å². The Morgan fingerprint density at radius 2 is 2.33 bits per heavy atom. The van der Waals surface area contributed by atoms with Crippen LogP contribution in [-0.2, 0) is 13.1 Å². The fraction of sp³-hybridized carbons (Fsp3) is 0.750. The molecule has 7 heteroatoms. The third kappa shape index (κ3) is 4.30. The average Bonchev–Trinajstić information content (AvgIpc) is 2.61. The van der Waals surface area contributed by atoms with E-state index in [1.54, 1.807) is 22.8 Å². The molecule has 0 atom stereocenters. The second kappa shape index (κ2) is 5.72. The van der Waals surface area contributed by atoms with Crippen LogP contribution in [0.1, 0.15) is 5.69 Å². The van der Waals surface area contributed by atoms with Crippen molar-refractivity contribution in [1.82, 2.24) is 19.9 Å². The van der Waals surface area contributed by atoms with Gasteiger partial charge in [0.2, 0.25) is 0 Å². The summed E-state index contributed by atoms with van der Waals surface area (Å²) in [6.07, 6.45) is -0.582. The highest BCUT2D eigenvalue weighted by atomic mass is 19.3. The predicted molar refractivity (Wildman–Crippen MR) is 51.4 cm³/mol. The van der Waals surface area contributed by atoms with E-state index in [4.69, 9.17) is 5.73 Å². The number of likely N-dealkylation sites (N-methyl/N-ethyl adjacent to an activating group) is 1. The molecule has 0 saturated carbocycles. The third-order valence-electron chi connectivity index (χ3n) is 1.96. The highest BCUT2D eigenvalue weighted by Gasteiger charge is 2.07. The quantitative estimate of drug-likeness (QED) is 0.727. The molecule has 0 aliphatic heterocycles. The highest BCUT2D eigenvalue weighted by molar-refractivity contribution is 4.90. The molecule has 15 heavy (non-hydrogen) atoms. The number of hydrogen-bond acceptors (Lipinski definition) is 4. The topological polar surface area (TPSA) is 60.0 Å². The molecule has 0 radical (unpaired) electrons. The normalized spacial score (nSPS) is 11.6. The van der Waals surface area contributed by atoms with Gasteiger partial charge in [0.25, 0.3) is 6.43 Å². The van der Waals surface area contributed by atoms with Crippen molar-refractivity contribution in [2.45, 2.75) is 19.5 Å². The fourth-order valence-corrected chi connectivity index (χ4v) is 1.14. The molecule has 0 aliphatic rings. The zero-order valence-electron chi connectivity index (χ0n) is 8.61. The smallest absolute Gasteiger partial charge is 0.251 e. The van der Waals surface area contributed by atoms with Crippen LogP contribution < -0.4 is 5.73 Å². The summed E-state index contributed by atoms with van der Waals surface area (Å²) < 4.78 is 25.6. The van der Waals surface area contributed by atoms with E-state index in [1.807, 2.05) is 0 Å². The number of aromatic nitrogens is 3. The monoisotopic (exact) mass is 219 g/mol. The van der Waals surface area contributed by atoms with E-state index >= 15 is 0 Å². The van der Waals surface area contributed by atoms with Crippen LogP contribution in [-0.4, -0.2) is 46.5 Å². The molecular weight excluding hydrogens is 204 g/mol. The molecule has 0 saturated heterocycles. The first kappa shape index (κ1) is 12.0. The summed E-state index contributed by atoms with van der Waals surface area (Å²) in [6.45, 7) is 1.17. The van der Waals surface area contributed by atoms with E-state index in [0.717, 1.165) is 0 Å². The minimum Gasteiger partial charge on any atom is -0.325 e. The number of nitrogens with zero attached hydrogens (tertiary/aromatic N) is 4. The van der Waals surface area contributed by atoms with Gasteiger partial charge in [-0.2, -0.15) is 0 Å². The summed E-state index contributed by atoms with van der Waals surface area (Å²) in [6, 6.07) is 0. The van der Waals surface area contributed by atoms with E-state index in [0.29, 0.717) is 25.3 Å². The molecule has 1 heterocycles. The number of hydrogen-bond donors (Lipinski definition) is 1. The second-order valence-electron chi connectivity index (χ2n) is 3.33. The molecule has 2 N–H and O–H groups in total. The molecule has 0 amide bonds. The van der Waals surface area contributed by atoms with Gasteiger partial charge in [-0.05, 0) is 7.05 Å². The van der Waals surface area contributed by atoms with Crippen molar-refractivity contribution in [2.75, 3.05) is 20.1 Å². The lowest BCUT2D eigenvalue weighted by Crippen LogP contribution is -2.28. The summed E-state index contributed by atoms with van der Waals surface area (Å²) in [5, 5.41) is 7.61. The Balaban J connectivity index is 2.30. The van der Waals surface area contributed by atoms with Gasteiger partial charge >= 0.3 is 0 Å². The zero-order chi connectivity index (χ0) is 11.3. The molecule has 0 spiro atoms. The Labute approximate surface area is 86.8 Å². The van der Waals surface area contributed by atoms with Crippen molar-refractivity contribution in [3.05, 3.63) is 11.9 Å². The summed E-state index contributed by atoms with van der Waals surface area (Å²) in [5.41, 5.74) is 6.06. The van der Waals surface area contributed by atoms with Crippen molar-refractivity contribution >= 4 is 0 Å². The zero-order valence-corrected chi connectivity index (χ0v) is 8.61. The molecule has 0 aromatic carbocycles. The minimum atomic E-state index is -2.30. The van der Waals surface area contributed by atoms with Gasteiger partial charge in [-0.1, -0.05) is 5.21 Å². The molecule has 0 fully saturated rings. The van der Waals surface area contributed by atoms with Gasteiger partial charge in [0, 0.05) is 19.3 Å². The van der Waals surface area contributed by atoms with Crippen molar-refractivity contribution < 1.29 is 8.78 Å². The van der Waals surface area contributed by atoms with E-state index in [9.17, 15) is 8.78 Å². The summed E-state index contributed by atoms with van der Waals surface area (Å²) in [7, 11) is 1.65. The van der Waals surface area contributed by atoms with Crippen LogP contribution in [0.15, 0.2) is 6.20 Å². The van der Waals surface area contributed by atoms with E-state index in [-0.39, 0.29) is 6.54 Å². The maximum absolute atomic E-state index is 12.0. The van der Waals surface area contributed by atoms with Gasteiger partial charge in [-0.3, -0.25) is 9.58 Å². The fourth-order valence-electron chi connectivity index (χ4n) is 1.14. The number of alkyl halides is 2. The van der Waals surface area contributed by atoms with Crippen molar-refractivity contribution in [1.29, 1.82) is 0 Å². The molecular formula is C8H15F2N5. The SMILES string of the molecule is CN(CCn1cc(CN)nn1)CC(F)F. The Kier molecular flexibility index (Phi) is 4.57. The van der Waals surface area contributed by atoms with Gasteiger partial charge in [-0.15, -0.1) is 5.10 Å². The van der Waals surface area contributed by atoms with Gasteiger partial charge in [0.15, 0.2) is 0 Å². The van der Waals surface area contributed by atoms with Crippen molar-refractivity contribution in [3.63, 3.8) is 0 Å². The van der Waals surface area contributed by atoms with Crippen LogP contribution in [0.3, 0.4) is 0 Å². The van der Waals surface area contributed by atoms with Crippen LogP contribution >= 0.6 is 0 Å². The Morgan fingerprint density at radius 3 is 2.87 bits per heavy atom. The number of nitrogens with two attached hydrogens (primary N) is 1. The lowest BCUT2D eigenvalue weighted by molar-refractivity contribution is 0.0983. The van der Waals surface area contributed by atoms with E-state index < -0.39 is 6.43 Å². The lowest BCUT2D eigenvalue weighted by Gasteiger charge is -2.15. The molecule has 86 valence electrons. The summed E-state index contributed by atoms with van der Waals surface area (Å²) >= 11 is 0. The number of halogens is 2. The van der Waals surface area contributed by atoms with Crippen LogP contribution in [0.5, 0.6) is 0 Å². The molecule has 1 aromatic heterocycles. The highest BCUT2D eigenvalue weighted by Crippen LogP contribution is 1.96. The van der Waals surface area contributed by atoms with Gasteiger partial charge in [0.05, 0.1) is 18.8 Å². The minimum absolute atomic E-state index is 0.224. The van der Waals surface area contributed by atoms with Gasteiger partial charge in [-0.25, -0.2) is 8.78 Å². The van der Waals surface area contributed by atoms with Gasteiger partial charge < -0.3 is 5.73 Å². The Morgan fingerprint density at radius 1 is 1.60 bits per heavy atom. The maximum atomic E-state index is 12.0. The lowest BCUT2D eigenvalue weighted by atomic mass is 10.5. The molecule has 0 unspecified atom stereocenters. The second-order valence-corrected chi connectivity index (χ2v) is 3.33. The van der Waals surface area contributed by atoms with E-state index in [1.165, 1.54) is 0 Å². The largest absolute Gasteiger partial charge is 0.325 e. The first-order chi connectivity index (χ1) is 7.11. The van der Waals surface area contributed by atoms with Crippen LogP contribution in [0.4, 0.5) is 8.78 Å². The van der Waals surface area contributed by atoms with Crippen LogP contribution in [0.2, 0.25) is 0 Å². The Bertz CT molecular complexity index is 288. The summed E-state index contributed by atoms with van der Waals surface area (Å²) in [5.74, 6) is 0. The third-order valence-corrected chi connectivity index (χ3v) is 1.96. The molecule has 1 rings (SSSR count). The number of rotatable bonds is 6. The molecule has 1 aromatic rings. The predicted octanol–water partition coefficient (Wildman–Crippen LogP) is -0.0663. The first-order valence-corrected chi connectivity index (χ1v) is 4.67. The Hall–Kier alpha value is -1.08. The standard InChI is InChI=1S/C8H15F2N5/c1-14(6-8(9)10)2-3-15-5-7(4-11)12-13-15/h5,8H,2-4,6,11H2,1H3. The van der Waals surface area contributed by atoms with Crippen LogP contribution in [0, 0.1) is 0 Å². The molecule has 0 aliphatic carbocycles. The van der Waals surface area contributed by atoms with Gasteiger partial charge in [0.1, 0.15) is 0 Å².